The number of para-hydroxylation sites is 1. The van der Waals surface area contributed by atoms with Crippen LogP contribution in [0.25, 0.3) is 0 Å². The molecule has 4 atom stereocenters. The number of nitrogens with one attached hydrogen (secondary N) is 1. The molecule has 0 saturated heterocycles. The summed E-state index contributed by atoms with van der Waals surface area (Å²) in [7, 11) is -4.10. The van der Waals surface area contributed by atoms with Gasteiger partial charge in [-0.25, -0.2) is 15.1 Å². The summed E-state index contributed by atoms with van der Waals surface area (Å²) in [6.45, 7) is 1.85. The van der Waals surface area contributed by atoms with E-state index in [9.17, 15) is 18.3 Å². The lowest BCUT2D eigenvalue weighted by atomic mass is 9.99. The zero-order valence-electron chi connectivity index (χ0n) is 19.9. The molecular formula is C24H26N4O7S2. The molecule has 3 heterocycles. The number of carbonyl (C=O) groups excluding carboxylic acids is 1. The number of rotatable bonds is 8. The van der Waals surface area contributed by atoms with Gasteiger partial charge in [-0.15, -0.1) is 11.3 Å². The average Bonchev–Trinajstić information content (AvgIpc) is 3.43. The lowest BCUT2D eigenvalue weighted by Gasteiger charge is -2.26. The molecule has 5 rings (SSSR count). The van der Waals surface area contributed by atoms with Gasteiger partial charge >= 0.3 is 10.3 Å². The minimum Gasteiger partial charge on any atom is -0.467 e. The number of anilines is 1. The summed E-state index contributed by atoms with van der Waals surface area (Å²) in [5.74, 6) is 0.425. The quantitative estimate of drug-likeness (QED) is 0.357. The Hall–Kier alpha value is -2.94. The highest BCUT2D eigenvalue weighted by atomic mass is 32.2. The Morgan fingerprint density at radius 1 is 1.30 bits per heavy atom. The fourth-order valence-corrected chi connectivity index (χ4v) is 6.10. The molecule has 37 heavy (non-hydrogen) atoms. The number of aliphatic hydroxyl groups is 1. The molecular weight excluding hydrogens is 520 g/mol. The summed E-state index contributed by atoms with van der Waals surface area (Å²) in [4.78, 5) is 23.3. The normalized spacial score (nSPS) is 23.3. The zero-order valence-corrected chi connectivity index (χ0v) is 21.5. The van der Waals surface area contributed by atoms with Crippen molar-refractivity contribution in [1.82, 2.24) is 9.97 Å². The van der Waals surface area contributed by atoms with E-state index in [1.165, 1.54) is 23.9 Å². The molecule has 196 valence electrons. The fourth-order valence-electron chi connectivity index (χ4n) is 4.73. The number of nitrogens with zero attached hydrogens (tertiary/aromatic N) is 2. The topological polar surface area (TPSA) is 163 Å². The van der Waals surface area contributed by atoms with Gasteiger partial charge in [0, 0.05) is 28.6 Å². The molecule has 0 spiro atoms. The first kappa shape index (κ1) is 25.7. The molecule has 1 fully saturated rings. The number of thiophene rings is 1. The second-order valence-corrected chi connectivity index (χ2v) is 11.5. The first-order valence-corrected chi connectivity index (χ1v) is 13.9. The highest BCUT2D eigenvalue weighted by molar-refractivity contribution is 7.84. The van der Waals surface area contributed by atoms with E-state index in [-0.39, 0.29) is 31.3 Å². The number of aryl methyl sites for hydroxylation is 1. The van der Waals surface area contributed by atoms with Crippen LogP contribution in [0.3, 0.4) is 0 Å². The molecule has 1 aliphatic heterocycles. The predicted molar refractivity (Wildman–Crippen MR) is 135 cm³/mol. The smallest absolute Gasteiger partial charge is 0.333 e. The van der Waals surface area contributed by atoms with Crippen LogP contribution in [0.15, 0.2) is 42.9 Å². The van der Waals surface area contributed by atoms with Crippen LogP contribution in [0, 0.1) is 12.8 Å². The molecule has 1 saturated carbocycles. The monoisotopic (exact) mass is 546 g/mol. The van der Waals surface area contributed by atoms with Crippen molar-refractivity contribution in [2.24, 2.45) is 11.1 Å². The number of hydrogen-bond donors (Lipinski definition) is 3. The van der Waals surface area contributed by atoms with Crippen LogP contribution in [-0.2, 0) is 19.2 Å². The molecule has 2 aromatic heterocycles. The number of fused-ring (bicyclic) bond motifs is 1. The van der Waals surface area contributed by atoms with Crippen molar-refractivity contribution in [3.8, 4) is 5.75 Å². The van der Waals surface area contributed by atoms with Crippen LogP contribution in [0.1, 0.15) is 50.2 Å². The number of hydrogen-bond acceptors (Lipinski definition) is 11. The van der Waals surface area contributed by atoms with Crippen molar-refractivity contribution in [3.05, 3.63) is 69.3 Å². The van der Waals surface area contributed by atoms with E-state index in [0.29, 0.717) is 29.1 Å². The van der Waals surface area contributed by atoms with Gasteiger partial charge < -0.3 is 19.9 Å². The van der Waals surface area contributed by atoms with Crippen molar-refractivity contribution in [1.29, 1.82) is 0 Å². The lowest BCUT2D eigenvalue weighted by molar-refractivity contribution is -0.0419. The molecule has 0 bridgehead atoms. The van der Waals surface area contributed by atoms with Crippen LogP contribution in [0.4, 0.5) is 5.82 Å². The third-order valence-corrected chi connectivity index (χ3v) is 8.04. The molecule has 13 heteroatoms. The van der Waals surface area contributed by atoms with Crippen LogP contribution in [0.2, 0.25) is 0 Å². The molecule has 11 nitrogen and oxygen atoms in total. The van der Waals surface area contributed by atoms with Crippen molar-refractivity contribution < 1.29 is 32.0 Å². The predicted octanol–water partition coefficient (Wildman–Crippen LogP) is 2.30. The van der Waals surface area contributed by atoms with Crippen molar-refractivity contribution >= 4 is 33.2 Å². The lowest BCUT2D eigenvalue weighted by Crippen LogP contribution is -2.24. The maximum absolute atomic E-state index is 13.6. The molecule has 4 N–H and O–H groups in total. The highest BCUT2D eigenvalue weighted by Gasteiger charge is 2.35. The third-order valence-electron chi connectivity index (χ3n) is 6.51. The van der Waals surface area contributed by atoms with Gasteiger partial charge in [0.05, 0.1) is 23.2 Å². The number of nitrogens with two attached hydrogens (primary N) is 1. The maximum Gasteiger partial charge on any atom is 0.333 e. The molecule has 1 aliphatic carbocycles. The Labute approximate surface area is 217 Å². The Bertz CT molecular complexity index is 1410. The number of aromatic nitrogens is 2. The second kappa shape index (κ2) is 10.4. The third kappa shape index (κ3) is 5.66. The van der Waals surface area contributed by atoms with Gasteiger partial charge in [0.15, 0.2) is 6.79 Å². The first-order valence-electron chi connectivity index (χ1n) is 11.6. The highest BCUT2D eigenvalue weighted by Crippen LogP contribution is 2.40. The van der Waals surface area contributed by atoms with E-state index in [1.807, 2.05) is 37.3 Å². The summed E-state index contributed by atoms with van der Waals surface area (Å²) < 4.78 is 38.3. The van der Waals surface area contributed by atoms with Gasteiger partial charge in [-0.05, 0) is 37.5 Å². The minimum atomic E-state index is -4.10. The molecule has 1 unspecified atom stereocenters. The minimum absolute atomic E-state index is 0.122. The molecule has 3 aromatic rings. The van der Waals surface area contributed by atoms with Gasteiger partial charge in [-0.2, -0.15) is 8.42 Å². The Morgan fingerprint density at radius 2 is 2.11 bits per heavy atom. The summed E-state index contributed by atoms with van der Waals surface area (Å²) in [5.41, 5.74) is 2.09. The first-order chi connectivity index (χ1) is 17.7. The molecule has 1 aromatic carbocycles. The van der Waals surface area contributed by atoms with E-state index in [2.05, 4.69) is 19.5 Å². The van der Waals surface area contributed by atoms with Gasteiger partial charge in [0.25, 0.3) is 0 Å². The number of ether oxygens (including phenoxy) is 2. The van der Waals surface area contributed by atoms with E-state index >= 15 is 0 Å². The Morgan fingerprint density at radius 3 is 2.92 bits per heavy atom. The fraction of sp³-hybridized carbons (Fsp3) is 0.375. The maximum atomic E-state index is 13.6. The van der Waals surface area contributed by atoms with E-state index in [0.717, 1.165) is 21.8 Å². The largest absolute Gasteiger partial charge is 0.467 e. The van der Waals surface area contributed by atoms with Crippen LogP contribution < -0.4 is 15.2 Å². The summed E-state index contributed by atoms with van der Waals surface area (Å²) in [5, 5.41) is 18.4. The molecule has 2 aliphatic rings. The average molecular weight is 547 g/mol. The van der Waals surface area contributed by atoms with Gasteiger partial charge in [0.1, 0.15) is 24.0 Å². The number of aliphatic hydroxyl groups excluding tert-OH is 1. The van der Waals surface area contributed by atoms with Gasteiger partial charge in [-0.3, -0.25) is 8.98 Å². The number of carbonyl (C=O) groups is 1. The summed E-state index contributed by atoms with van der Waals surface area (Å²) in [6.07, 6.45) is 2.41. The van der Waals surface area contributed by atoms with Crippen molar-refractivity contribution in [2.45, 2.75) is 38.0 Å². The Balaban J connectivity index is 1.34. The summed E-state index contributed by atoms with van der Waals surface area (Å²) in [6, 6.07) is 9.25. The molecule has 0 amide bonds. The number of ketones is 1. The van der Waals surface area contributed by atoms with Crippen LogP contribution >= 0.6 is 11.3 Å². The van der Waals surface area contributed by atoms with Gasteiger partial charge in [0.2, 0.25) is 5.78 Å². The van der Waals surface area contributed by atoms with Crippen LogP contribution in [0.5, 0.6) is 5.75 Å². The van der Waals surface area contributed by atoms with E-state index < -0.39 is 22.3 Å². The van der Waals surface area contributed by atoms with E-state index in [4.69, 9.17) is 14.6 Å². The zero-order chi connectivity index (χ0) is 26.2. The van der Waals surface area contributed by atoms with Gasteiger partial charge in [-0.1, -0.05) is 18.2 Å². The van der Waals surface area contributed by atoms with Crippen LogP contribution in [-0.4, -0.2) is 54.8 Å². The van der Waals surface area contributed by atoms with E-state index in [1.54, 1.807) is 0 Å². The second-order valence-electron chi connectivity index (χ2n) is 9.00. The standard InChI is InChI=1S/C24H26N4O7S2/c1-13-17(23-16-4-2-3-5-20(16)33-12-34-23)8-21(36-13)22(30)18-9-26-11-27-24(18)28-15-6-14(19(29)7-15)10-35-37(25,31)32/h2-5,8-9,11,14-15,19,23,29H,6-7,10,12H2,1H3,(H2,25,31,32)(H,26,27,28)/t14-,15-,19+,23?/m1/s1. The van der Waals surface area contributed by atoms with Crippen molar-refractivity contribution in [3.63, 3.8) is 0 Å². The number of benzene rings is 1. The Kier molecular flexibility index (Phi) is 7.25. The van der Waals surface area contributed by atoms with Crippen molar-refractivity contribution in [2.75, 3.05) is 18.7 Å². The SMILES string of the molecule is Cc1sc(C(=O)c2cncnc2N[C@@H]2C[C@H](COS(N)(=O)=O)[C@@H](O)C2)cc1C1OCOc2ccccc21. The molecule has 0 radical (unpaired) electrons. The summed E-state index contributed by atoms with van der Waals surface area (Å²) >= 11 is 1.37.